The van der Waals surface area contributed by atoms with Crippen LogP contribution < -0.4 is 4.90 Å². The van der Waals surface area contributed by atoms with Crippen LogP contribution in [0.5, 0.6) is 0 Å². The Kier molecular flexibility index (Phi) is 7.56. The Balaban J connectivity index is 2.23. The molecule has 0 N–H and O–H groups in total. The van der Waals surface area contributed by atoms with Crippen LogP contribution in [-0.2, 0) is 9.84 Å². The van der Waals surface area contributed by atoms with Gasteiger partial charge in [-0.25, -0.2) is 8.42 Å². The zero-order valence-corrected chi connectivity index (χ0v) is 20.4. The molecule has 30 heavy (non-hydrogen) atoms. The number of benzene rings is 2. The summed E-state index contributed by atoms with van der Waals surface area (Å²) in [5.74, 6) is 0.244. The van der Waals surface area contributed by atoms with Crippen molar-refractivity contribution in [1.82, 2.24) is 0 Å². The van der Waals surface area contributed by atoms with Gasteiger partial charge in [0.2, 0.25) is 0 Å². The molecule has 5 heteroatoms. The summed E-state index contributed by atoms with van der Waals surface area (Å²) in [5.41, 5.74) is 2.72. The van der Waals surface area contributed by atoms with E-state index in [1.165, 1.54) is 0 Å². The number of rotatable bonds is 8. The van der Waals surface area contributed by atoms with Crippen LogP contribution in [0.4, 0.5) is 11.4 Å². The average molecular weight is 446 g/mol. The molecule has 0 saturated heterocycles. The zero-order chi connectivity index (χ0) is 21.8. The second-order valence-electron chi connectivity index (χ2n) is 8.68. The van der Waals surface area contributed by atoms with Gasteiger partial charge in [0.05, 0.1) is 16.3 Å². The molecule has 1 heterocycles. The second kappa shape index (κ2) is 9.78. The summed E-state index contributed by atoms with van der Waals surface area (Å²) in [7, 11) is -3.39. The number of anilines is 2. The summed E-state index contributed by atoms with van der Waals surface area (Å²) in [6.45, 7) is 7.15. The van der Waals surface area contributed by atoms with Gasteiger partial charge < -0.3 is 4.90 Å². The predicted octanol–water partition coefficient (Wildman–Crippen LogP) is 7.01. The number of sulfone groups is 1. The first kappa shape index (κ1) is 23.2. The first-order valence-electron chi connectivity index (χ1n) is 11.1. The van der Waals surface area contributed by atoms with Crippen LogP contribution in [-0.4, -0.2) is 27.0 Å². The lowest BCUT2D eigenvalue weighted by Gasteiger charge is -2.37. The minimum absolute atomic E-state index is 0.229. The minimum atomic E-state index is -3.39. The number of thioether (sulfide) groups is 1. The van der Waals surface area contributed by atoms with Crippen LogP contribution in [0.25, 0.3) is 0 Å². The predicted molar refractivity (Wildman–Crippen MR) is 130 cm³/mol. The van der Waals surface area contributed by atoms with Crippen molar-refractivity contribution in [2.24, 2.45) is 5.41 Å². The third-order valence-corrected chi connectivity index (χ3v) is 9.15. The molecule has 0 aromatic heterocycles. The van der Waals surface area contributed by atoms with Crippen molar-refractivity contribution in [3.8, 4) is 0 Å². The van der Waals surface area contributed by atoms with E-state index >= 15 is 0 Å². The van der Waals surface area contributed by atoms with Crippen LogP contribution in [0.1, 0.15) is 57.9 Å². The van der Waals surface area contributed by atoms with Crippen molar-refractivity contribution in [1.29, 1.82) is 0 Å². The average Bonchev–Trinajstić information content (AvgIpc) is 2.83. The third kappa shape index (κ3) is 4.88. The van der Waals surface area contributed by atoms with Crippen molar-refractivity contribution in [2.75, 3.05) is 23.5 Å². The van der Waals surface area contributed by atoms with Gasteiger partial charge in [-0.2, -0.15) is 0 Å². The number of unbranched alkanes of at least 4 members (excludes halogenated alkanes) is 2. The van der Waals surface area contributed by atoms with Gasteiger partial charge in [0.15, 0.2) is 9.84 Å². The Morgan fingerprint density at radius 3 is 2.23 bits per heavy atom. The normalized spacial score (nSPS) is 17.4. The summed E-state index contributed by atoms with van der Waals surface area (Å²) < 4.78 is 27.5. The molecule has 3 rings (SSSR count). The highest BCUT2D eigenvalue weighted by atomic mass is 32.2. The van der Waals surface area contributed by atoms with Gasteiger partial charge in [0, 0.05) is 22.5 Å². The Labute approximate surface area is 187 Å². The van der Waals surface area contributed by atoms with Gasteiger partial charge >= 0.3 is 0 Å². The first-order chi connectivity index (χ1) is 14.4. The minimum Gasteiger partial charge on any atom is -0.340 e. The van der Waals surface area contributed by atoms with Crippen molar-refractivity contribution in [3.63, 3.8) is 0 Å². The first-order valence-corrected chi connectivity index (χ1v) is 14.0. The SMILES string of the molecule is CCCCC1(CCCC)CN(c2ccccc2)c2cc(SC)c(C)cc2S(=O)(=O)C1. The van der Waals surface area contributed by atoms with E-state index in [0.717, 1.165) is 66.9 Å². The number of hydrogen-bond donors (Lipinski definition) is 0. The number of fused-ring (bicyclic) bond motifs is 1. The van der Waals surface area contributed by atoms with Crippen molar-refractivity contribution >= 4 is 33.0 Å². The highest BCUT2D eigenvalue weighted by Crippen LogP contribution is 2.46. The summed E-state index contributed by atoms with van der Waals surface area (Å²) in [6, 6.07) is 14.3. The lowest BCUT2D eigenvalue weighted by molar-refractivity contribution is 0.270. The smallest absolute Gasteiger partial charge is 0.181 e. The summed E-state index contributed by atoms with van der Waals surface area (Å²) in [6.07, 6.45) is 8.26. The van der Waals surface area contributed by atoms with E-state index in [0.29, 0.717) is 4.90 Å². The standard InChI is InChI=1S/C25H35NO2S2/c1-5-7-14-25(15-8-6-2)18-26(21-12-10-9-11-13-21)22-17-23(29-4)20(3)16-24(22)30(27,28)19-25/h9-13,16-17H,5-8,14-15,18-19H2,1-4H3. The molecule has 1 aliphatic heterocycles. The molecule has 0 atom stereocenters. The second-order valence-corrected chi connectivity index (χ2v) is 11.5. The Bertz CT molecular complexity index is 947. The molecule has 0 aliphatic carbocycles. The molecule has 0 saturated carbocycles. The van der Waals surface area contributed by atoms with E-state index in [2.05, 4.69) is 43.2 Å². The topological polar surface area (TPSA) is 37.4 Å². The fourth-order valence-corrected chi connectivity index (χ4v) is 7.44. The molecule has 0 bridgehead atoms. The Morgan fingerprint density at radius 2 is 1.67 bits per heavy atom. The number of para-hydroxylation sites is 1. The lowest BCUT2D eigenvalue weighted by atomic mass is 9.79. The van der Waals surface area contributed by atoms with E-state index in [-0.39, 0.29) is 11.2 Å². The highest BCUT2D eigenvalue weighted by molar-refractivity contribution is 7.98. The van der Waals surface area contributed by atoms with Gasteiger partial charge in [-0.15, -0.1) is 11.8 Å². The van der Waals surface area contributed by atoms with Crippen molar-refractivity contribution < 1.29 is 8.42 Å². The van der Waals surface area contributed by atoms with Crippen LogP contribution in [0.3, 0.4) is 0 Å². The third-order valence-electron chi connectivity index (χ3n) is 6.28. The van der Waals surface area contributed by atoms with E-state index in [1.807, 2.05) is 31.2 Å². The van der Waals surface area contributed by atoms with E-state index in [9.17, 15) is 8.42 Å². The summed E-state index contributed by atoms with van der Waals surface area (Å²) in [4.78, 5) is 3.92. The number of aryl methyl sites for hydroxylation is 1. The molecule has 164 valence electrons. The fourth-order valence-electron chi connectivity index (χ4n) is 4.65. The van der Waals surface area contributed by atoms with Gasteiger partial charge in [0.25, 0.3) is 0 Å². The molecule has 0 fully saturated rings. The molecule has 0 radical (unpaired) electrons. The Hall–Kier alpha value is -1.46. The molecule has 2 aromatic rings. The maximum atomic E-state index is 13.7. The number of hydrogen-bond acceptors (Lipinski definition) is 4. The summed E-state index contributed by atoms with van der Waals surface area (Å²) >= 11 is 1.68. The molecule has 1 aliphatic rings. The van der Waals surface area contributed by atoms with Crippen molar-refractivity contribution in [2.45, 2.75) is 69.1 Å². The highest BCUT2D eigenvalue weighted by Gasteiger charge is 2.42. The quantitative estimate of drug-likeness (QED) is 0.410. The van der Waals surface area contributed by atoms with Gasteiger partial charge in [-0.05, 0) is 55.9 Å². The largest absolute Gasteiger partial charge is 0.340 e. The lowest BCUT2D eigenvalue weighted by Crippen LogP contribution is -2.38. The van der Waals surface area contributed by atoms with E-state index < -0.39 is 9.84 Å². The van der Waals surface area contributed by atoms with Gasteiger partial charge in [-0.3, -0.25) is 0 Å². The van der Waals surface area contributed by atoms with Gasteiger partial charge in [-0.1, -0.05) is 57.7 Å². The van der Waals surface area contributed by atoms with E-state index in [4.69, 9.17) is 0 Å². The van der Waals surface area contributed by atoms with Gasteiger partial charge in [0.1, 0.15) is 0 Å². The van der Waals surface area contributed by atoms with Crippen LogP contribution >= 0.6 is 11.8 Å². The Morgan fingerprint density at radius 1 is 1.03 bits per heavy atom. The maximum Gasteiger partial charge on any atom is 0.181 e. The molecule has 0 amide bonds. The van der Waals surface area contributed by atoms with Crippen LogP contribution in [0, 0.1) is 12.3 Å². The van der Waals surface area contributed by atoms with E-state index in [1.54, 1.807) is 11.8 Å². The summed E-state index contributed by atoms with van der Waals surface area (Å²) in [5, 5.41) is 0. The molecular weight excluding hydrogens is 410 g/mol. The zero-order valence-electron chi connectivity index (χ0n) is 18.8. The molecule has 0 unspecified atom stereocenters. The maximum absolute atomic E-state index is 13.7. The number of nitrogens with zero attached hydrogens (tertiary/aromatic N) is 1. The molecular formula is C25H35NO2S2. The molecule has 0 spiro atoms. The molecule has 3 nitrogen and oxygen atoms in total. The monoisotopic (exact) mass is 445 g/mol. The fraction of sp³-hybridized carbons (Fsp3) is 0.520. The molecule has 2 aromatic carbocycles. The van der Waals surface area contributed by atoms with Crippen LogP contribution in [0.2, 0.25) is 0 Å². The van der Waals surface area contributed by atoms with Crippen LogP contribution in [0.15, 0.2) is 52.3 Å². The van der Waals surface area contributed by atoms with Crippen molar-refractivity contribution in [3.05, 3.63) is 48.0 Å².